The molecule has 22 nitrogen and oxygen atoms in total. The number of nitrogens with zero attached hydrogens (tertiary/aromatic N) is 9. The molecule has 0 spiro atoms. The van der Waals surface area contributed by atoms with Crippen LogP contribution in [0.2, 0.25) is 0 Å². The van der Waals surface area contributed by atoms with E-state index in [9.17, 15) is 38.4 Å². The zero-order valence-corrected chi connectivity index (χ0v) is 61.9. The molecule has 4 aliphatic heterocycles. The number of carbonyl (C=O) groups excluding carboxylic acids is 6. The van der Waals surface area contributed by atoms with Crippen LogP contribution >= 0.6 is 0 Å². The quantitative estimate of drug-likeness (QED) is 0.0606. The summed E-state index contributed by atoms with van der Waals surface area (Å²) in [5, 5.41) is 13.9. The van der Waals surface area contributed by atoms with Gasteiger partial charge in [-0.15, -0.1) is 0 Å². The Morgan fingerprint density at radius 3 is 1.16 bits per heavy atom. The van der Waals surface area contributed by atoms with Crippen LogP contribution in [0, 0.1) is 17.8 Å². The van der Waals surface area contributed by atoms with Gasteiger partial charge in [0, 0.05) is 68.5 Å². The summed E-state index contributed by atoms with van der Waals surface area (Å²) >= 11 is 0. The van der Waals surface area contributed by atoms with E-state index in [0.717, 1.165) is 63.1 Å². The summed E-state index contributed by atoms with van der Waals surface area (Å²) in [6.45, 7) is 16.0. The SMILES string of the molecule is CC(C)CC(=O)Oc1c2n(ncc1=O)C(C(c1ccccc1)c1cccc(C3CCC(C(=O)Oc4c5n(ncc4=O)C(C(c4ccccc4)c4cccc(C6CC(C(=O)Oc7c8n(ncc7=O)C(C(c7ccccc7)c7ccccc7)CN(C(C)C)C8=O)CCO6)c4)CN(C(C)C)C5=O)C3)c1)CN(C(C)C)C2=O. The van der Waals surface area contributed by atoms with Gasteiger partial charge in [-0.1, -0.05) is 184 Å². The van der Waals surface area contributed by atoms with Crippen molar-refractivity contribution in [3.8, 4) is 17.2 Å². The van der Waals surface area contributed by atoms with E-state index in [-0.39, 0.29) is 110 Å². The Hall–Kier alpha value is -11.3. The molecule has 22 heteroatoms. The van der Waals surface area contributed by atoms with Crippen molar-refractivity contribution in [1.29, 1.82) is 0 Å². The third kappa shape index (κ3) is 14.6. The number of aromatic nitrogens is 6. The van der Waals surface area contributed by atoms with Crippen molar-refractivity contribution in [1.82, 2.24) is 44.0 Å². The molecule has 7 heterocycles. The number of hydrogen-bond donors (Lipinski definition) is 0. The predicted octanol–water partition coefficient (Wildman–Crippen LogP) is 12.6. The van der Waals surface area contributed by atoms with Gasteiger partial charge >= 0.3 is 17.9 Å². The normalized spacial score (nSPS) is 20.5. The summed E-state index contributed by atoms with van der Waals surface area (Å²) in [7, 11) is 0. The summed E-state index contributed by atoms with van der Waals surface area (Å²) in [6, 6.07) is 52.8. The Balaban J connectivity index is 0.730. The molecule has 1 aliphatic carbocycles. The molecule has 5 aliphatic rings. The molecule has 0 bridgehead atoms. The average molecular weight is 1460 g/mol. The maximum Gasteiger partial charge on any atom is 0.314 e. The van der Waals surface area contributed by atoms with Crippen LogP contribution in [-0.4, -0.2) is 124 Å². The maximum atomic E-state index is 15.1. The number of fused-ring (bicyclic) bond motifs is 3. The predicted molar refractivity (Wildman–Crippen MR) is 403 cm³/mol. The lowest BCUT2D eigenvalue weighted by atomic mass is 9.82. The van der Waals surface area contributed by atoms with Gasteiger partial charge in [0.15, 0.2) is 17.1 Å². The van der Waals surface area contributed by atoms with Gasteiger partial charge in [0.2, 0.25) is 33.5 Å². The summed E-state index contributed by atoms with van der Waals surface area (Å²) in [5.74, 6) is -7.47. The Morgan fingerprint density at radius 2 is 0.769 bits per heavy atom. The molecular weight excluding hydrogens is 1370 g/mol. The Kier molecular flexibility index (Phi) is 21.3. The number of ether oxygens (including phenoxy) is 4. The first-order chi connectivity index (χ1) is 52.1. The number of hydrogen-bond acceptors (Lipinski definition) is 16. The highest BCUT2D eigenvalue weighted by Crippen LogP contribution is 2.47. The van der Waals surface area contributed by atoms with E-state index in [1.54, 1.807) is 24.1 Å². The first kappa shape index (κ1) is 73.6. The van der Waals surface area contributed by atoms with Crippen molar-refractivity contribution < 1.29 is 47.7 Å². The molecule has 556 valence electrons. The average Bonchev–Trinajstić information content (AvgIpc) is 0.866. The van der Waals surface area contributed by atoms with E-state index in [1.807, 2.05) is 219 Å². The van der Waals surface area contributed by atoms with Crippen molar-refractivity contribution in [2.75, 3.05) is 26.2 Å². The topological polar surface area (TPSA) is 254 Å². The van der Waals surface area contributed by atoms with Gasteiger partial charge in [-0.25, -0.2) is 0 Å². The summed E-state index contributed by atoms with van der Waals surface area (Å²) in [6.07, 6.45) is 4.57. The molecular formula is C86H89N9O13. The zero-order valence-electron chi connectivity index (χ0n) is 61.9. The minimum Gasteiger partial charge on any atom is -0.420 e. The van der Waals surface area contributed by atoms with E-state index in [2.05, 4.69) is 16.3 Å². The van der Waals surface area contributed by atoms with Crippen LogP contribution in [0.25, 0.3) is 0 Å². The van der Waals surface area contributed by atoms with Gasteiger partial charge in [0.05, 0.1) is 54.7 Å². The molecule has 0 N–H and O–H groups in total. The third-order valence-electron chi connectivity index (χ3n) is 22.0. The van der Waals surface area contributed by atoms with Crippen molar-refractivity contribution in [3.05, 3.63) is 281 Å². The van der Waals surface area contributed by atoms with E-state index in [0.29, 0.717) is 19.3 Å². The van der Waals surface area contributed by atoms with Crippen molar-refractivity contribution in [3.63, 3.8) is 0 Å². The first-order valence-corrected chi connectivity index (χ1v) is 37.6. The van der Waals surface area contributed by atoms with Crippen molar-refractivity contribution >= 4 is 35.6 Å². The van der Waals surface area contributed by atoms with Crippen LogP contribution < -0.4 is 30.5 Å². The standard InChI is InChI=1S/C86H89N9O13/c1-50(2)39-72(99)106-79-68(96)44-87-94-66(48-91(52(5)6)82(100)76(79)94)74(56-27-17-11-18-28-56)61-33-21-31-58(40-61)59-35-36-63(41-59)85(103)107-80-69(97)46-89-95-67(49-92(53(7)8)84(102)78(80)95)75(57-29-19-12-20-30-57)62-34-22-32-60(42-62)71-43-64(37-38-105-71)86(104)108-81-70(98)45-88-93-65(47-90(51(3)4)83(101)77(81)93)73(54-23-13-9-14-24-54)55-25-15-10-16-26-55/h9-34,40,42,44-46,50-53,59,63-67,71,73-75H,35-39,41,43,47-49H2,1-8H3. The smallest absolute Gasteiger partial charge is 0.314 e. The van der Waals surface area contributed by atoms with Gasteiger partial charge in [-0.05, 0) is 130 Å². The summed E-state index contributed by atoms with van der Waals surface area (Å²) < 4.78 is 29.4. The zero-order chi connectivity index (χ0) is 75.8. The van der Waals surface area contributed by atoms with Crippen LogP contribution in [0.4, 0.5) is 0 Å². The molecule has 3 aromatic heterocycles. The van der Waals surface area contributed by atoms with E-state index in [4.69, 9.17) is 24.0 Å². The Labute approximate surface area is 626 Å². The molecule has 14 rings (SSSR count). The van der Waals surface area contributed by atoms with Gasteiger partial charge < -0.3 is 33.6 Å². The molecule has 0 radical (unpaired) electrons. The molecule has 108 heavy (non-hydrogen) atoms. The maximum absolute atomic E-state index is 15.1. The van der Waals surface area contributed by atoms with E-state index in [1.165, 1.54) is 4.68 Å². The van der Waals surface area contributed by atoms with Crippen LogP contribution in [0.3, 0.4) is 0 Å². The van der Waals surface area contributed by atoms with Gasteiger partial charge in [-0.2, -0.15) is 15.3 Å². The Bertz CT molecular complexity index is 5020. The summed E-state index contributed by atoms with van der Waals surface area (Å²) in [4.78, 5) is 134. The lowest BCUT2D eigenvalue weighted by molar-refractivity contribution is -0.144. The number of esters is 3. The van der Waals surface area contributed by atoms with E-state index < -0.39 is 106 Å². The van der Waals surface area contributed by atoms with Crippen molar-refractivity contribution in [2.24, 2.45) is 17.8 Å². The Morgan fingerprint density at radius 1 is 0.417 bits per heavy atom. The molecule has 9 unspecified atom stereocenters. The third-order valence-corrected chi connectivity index (χ3v) is 22.0. The molecule has 1 saturated carbocycles. The minimum absolute atomic E-state index is 0.0384. The fraction of sp³-hybridized carbons (Fsp3) is 0.372. The molecule has 3 amide bonds. The van der Waals surface area contributed by atoms with Crippen LogP contribution in [0.5, 0.6) is 17.2 Å². The fourth-order valence-electron chi connectivity index (χ4n) is 16.7. The number of benzene rings is 6. The van der Waals surface area contributed by atoms with Crippen molar-refractivity contribution in [2.45, 2.75) is 160 Å². The monoisotopic (exact) mass is 1460 g/mol. The van der Waals surface area contributed by atoms with Gasteiger partial charge in [-0.3, -0.25) is 57.2 Å². The molecule has 1 saturated heterocycles. The number of amides is 3. The largest absolute Gasteiger partial charge is 0.420 e. The lowest BCUT2D eigenvalue weighted by Gasteiger charge is -2.41. The van der Waals surface area contributed by atoms with E-state index >= 15 is 4.79 Å². The van der Waals surface area contributed by atoms with Crippen LogP contribution in [-0.2, 0) is 19.1 Å². The molecule has 9 aromatic rings. The number of carbonyl (C=O) groups is 6. The molecule has 9 atom stereocenters. The highest BCUT2D eigenvalue weighted by molar-refractivity contribution is 5.98. The second-order valence-corrected chi connectivity index (χ2v) is 30.4. The first-order valence-electron chi connectivity index (χ1n) is 37.6. The number of rotatable bonds is 21. The lowest BCUT2D eigenvalue weighted by Crippen LogP contribution is -2.50. The molecule has 6 aromatic carbocycles. The highest BCUT2D eigenvalue weighted by Gasteiger charge is 2.47. The van der Waals surface area contributed by atoms with Gasteiger partial charge in [0.25, 0.3) is 17.7 Å². The second-order valence-electron chi connectivity index (χ2n) is 30.4. The van der Waals surface area contributed by atoms with Crippen LogP contribution in [0.15, 0.2) is 203 Å². The minimum atomic E-state index is -0.754. The fourth-order valence-corrected chi connectivity index (χ4v) is 16.7. The van der Waals surface area contributed by atoms with Gasteiger partial charge in [0.1, 0.15) is 0 Å². The summed E-state index contributed by atoms with van der Waals surface area (Å²) in [5.41, 5.74) is 4.69. The highest BCUT2D eigenvalue weighted by atomic mass is 16.6. The molecule has 2 fully saturated rings. The second kappa shape index (κ2) is 31.3. The van der Waals surface area contributed by atoms with Crippen LogP contribution in [0.1, 0.15) is 218 Å².